The fourth-order valence-corrected chi connectivity index (χ4v) is 3.93. The lowest BCUT2D eigenvalue weighted by Crippen LogP contribution is -2.37. The molecule has 3 aromatic rings. The van der Waals surface area contributed by atoms with Gasteiger partial charge in [-0.25, -0.2) is 8.42 Å². The third kappa shape index (κ3) is 5.26. The fraction of sp³-hybridized carbons (Fsp3) is 0.227. The van der Waals surface area contributed by atoms with Gasteiger partial charge < -0.3 is 10.1 Å². The molecule has 3 aromatic carbocycles. The molecule has 6 nitrogen and oxygen atoms in total. The predicted molar refractivity (Wildman–Crippen MR) is 117 cm³/mol. The Balaban J connectivity index is 1.86. The van der Waals surface area contributed by atoms with Crippen molar-refractivity contribution in [3.63, 3.8) is 0 Å². The summed E-state index contributed by atoms with van der Waals surface area (Å²) in [6.45, 7) is 3.50. The molecule has 0 aliphatic carbocycles. The van der Waals surface area contributed by atoms with Crippen LogP contribution in [-0.2, 0) is 14.8 Å². The van der Waals surface area contributed by atoms with Gasteiger partial charge in [-0.2, -0.15) is 0 Å². The molecule has 0 unspecified atom stereocenters. The number of nitrogens with one attached hydrogen (secondary N) is 1. The van der Waals surface area contributed by atoms with E-state index >= 15 is 0 Å². The molecule has 0 saturated heterocycles. The molecule has 1 N–H and O–H groups in total. The topological polar surface area (TPSA) is 75.7 Å². The largest absolute Gasteiger partial charge is 0.491 e. The van der Waals surface area contributed by atoms with E-state index in [4.69, 9.17) is 4.74 Å². The number of sulfonamides is 1. The number of carbonyl (C=O) groups excluding carboxylic acids is 1. The van der Waals surface area contributed by atoms with Crippen LogP contribution in [0.2, 0.25) is 0 Å². The Morgan fingerprint density at radius 1 is 1.03 bits per heavy atom. The molecule has 0 aliphatic rings. The molecular weight excluding hydrogens is 388 g/mol. The Kier molecular flexibility index (Phi) is 6.08. The summed E-state index contributed by atoms with van der Waals surface area (Å²) in [7, 11) is -3.67. The van der Waals surface area contributed by atoms with E-state index in [-0.39, 0.29) is 12.6 Å². The summed E-state index contributed by atoms with van der Waals surface area (Å²) in [5, 5.41) is 4.42. The maximum Gasteiger partial charge on any atom is 0.245 e. The van der Waals surface area contributed by atoms with E-state index in [9.17, 15) is 13.2 Å². The number of anilines is 2. The number of rotatable bonds is 7. The highest BCUT2D eigenvalue weighted by atomic mass is 32.2. The Morgan fingerprint density at radius 3 is 2.45 bits per heavy atom. The number of nitrogens with zero attached hydrogens (tertiary/aromatic N) is 1. The first-order valence-electron chi connectivity index (χ1n) is 9.26. The van der Waals surface area contributed by atoms with Crippen molar-refractivity contribution in [2.75, 3.05) is 22.4 Å². The Hall–Kier alpha value is -3.06. The third-order valence-corrected chi connectivity index (χ3v) is 5.34. The minimum Gasteiger partial charge on any atom is -0.491 e. The van der Waals surface area contributed by atoms with Crippen molar-refractivity contribution in [2.45, 2.75) is 20.0 Å². The molecule has 7 heteroatoms. The second-order valence-electron chi connectivity index (χ2n) is 7.01. The fourth-order valence-electron chi connectivity index (χ4n) is 3.06. The van der Waals surface area contributed by atoms with Crippen molar-refractivity contribution in [1.29, 1.82) is 0 Å². The molecule has 0 saturated carbocycles. The van der Waals surface area contributed by atoms with Gasteiger partial charge in [-0.05, 0) is 37.4 Å². The van der Waals surface area contributed by atoms with E-state index in [1.165, 1.54) is 0 Å². The molecule has 0 radical (unpaired) electrons. The van der Waals surface area contributed by atoms with Gasteiger partial charge in [-0.1, -0.05) is 42.5 Å². The maximum absolute atomic E-state index is 12.7. The van der Waals surface area contributed by atoms with Crippen LogP contribution in [0.1, 0.15) is 13.8 Å². The molecule has 29 heavy (non-hydrogen) atoms. The number of amides is 1. The molecule has 0 spiro atoms. The van der Waals surface area contributed by atoms with E-state index < -0.39 is 15.9 Å². The Morgan fingerprint density at radius 2 is 1.72 bits per heavy atom. The van der Waals surface area contributed by atoms with Crippen molar-refractivity contribution < 1.29 is 17.9 Å². The first-order valence-corrected chi connectivity index (χ1v) is 11.1. The van der Waals surface area contributed by atoms with Crippen LogP contribution in [0.5, 0.6) is 5.75 Å². The molecular formula is C22H24N2O4S. The van der Waals surface area contributed by atoms with Gasteiger partial charge in [0.2, 0.25) is 15.9 Å². The quantitative estimate of drug-likeness (QED) is 0.636. The molecule has 0 heterocycles. The van der Waals surface area contributed by atoms with Gasteiger partial charge >= 0.3 is 0 Å². The monoisotopic (exact) mass is 412 g/mol. The number of fused-ring (bicyclic) bond motifs is 1. The van der Waals surface area contributed by atoms with E-state index in [0.29, 0.717) is 17.1 Å². The average molecular weight is 413 g/mol. The molecule has 0 aliphatic heterocycles. The smallest absolute Gasteiger partial charge is 0.245 e. The summed E-state index contributed by atoms with van der Waals surface area (Å²) >= 11 is 0. The second kappa shape index (κ2) is 8.53. The minimum atomic E-state index is -3.67. The van der Waals surface area contributed by atoms with E-state index in [1.54, 1.807) is 36.4 Å². The van der Waals surface area contributed by atoms with Crippen molar-refractivity contribution in [3.05, 3.63) is 66.7 Å². The van der Waals surface area contributed by atoms with E-state index in [2.05, 4.69) is 5.32 Å². The predicted octanol–water partition coefficient (Wildman–Crippen LogP) is 4.03. The van der Waals surface area contributed by atoms with Crippen LogP contribution >= 0.6 is 0 Å². The van der Waals surface area contributed by atoms with E-state index in [1.807, 2.05) is 44.2 Å². The minimum absolute atomic E-state index is 0.00744. The van der Waals surface area contributed by atoms with E-state index in [0.717, 1.165) is 21.3 Å². The third-order valence-electron chi connectivity index (χ3n) is 4.21. The first-order chi connectivity index (χ1) is 13.7. The van der Waals surface area contributed by atoms with Crippen molar-refractivity contribution >= 4 is 38.1 Å². The van der Waals surface area contributed by atoms with Crippen molar-refractivity contribution in [3.8, 4) is 5.75 Å². The summed E-state index contributed by atoms with van der Waals surface area (Å²) in [6.07, 6.45) is 1.10. The molecule has 152 valence electrons. The average Bonchev–Trinajstić information content (AvgIpc) is 2.65. The summed E-state index contributed by atoms with van der Waals surface area (Å²) in [4.78, 5) is 12.7. The molecule has 0 fully saturated rings. The lowest BCUT2D eigenvalue weighted by atomic mass is 10.1. The number of ether oxygens (including phenoxy) is 1. The number of hydrogen-bond acceptors (Lipinski definition) is 4. The highest BCUT2D eigenvalue weighted by Crippen LogP contribution is 2.28. The van der Waals surface area contributed by atoms with Crippen LogP contribution < -0.4 is 14.4 Å². The number of benzene rings is 3. The summed E-state index contributed by atoms with van der Waals surface area (Å²) < 4.78 is 31.7. The van der Waals surface area contributed by atoms with Crippen molar-refractivity contribution in [2.24, 2.45) is 0 Å². The van der Waals surface area contributed by atoms with Gasteiger partial charge in [0, 0.05) is 17.1 Å². The lowest BCUT2D eigenvalue weighted by Gasteiger charge is -2.23. The standard InChI is InChI=1S/C22H24N2O4S/c1-16(2)28-19-11-7-10-18(14-19)23-22(25)15-24(29(3,26)27)21-13-6-9-17-8-4-5-12-20(17)21/h4-14,16H,15H2,1-3H3,(H,23,25). The molecule has 0 bridgehead atoms. The van der Waals surface area contributed by atoms with Crippen LogP contribution in [0, 0.1) is 0 Å². The number of carbonyl (C=O) groups is 1. The molecule has 3 rings (SSSR count). The molecule has 0 atom stereocenters. The summed E-state index contributed by atoms with van der Waals surface area (Å²) in [5.74, 6) is 0.192. The lowest BCUT2D eigenvalue weighted by molar-refractivity contribution is -0.114. The van der Waals surface area contributed by atoms with Crippen molar-refractivity contribution in [1.82, 2.24) is 0 Å². The maximum atomic E-state index is 12.7. The first kappa shape index (κ1) is 20.7. The van der Waals surface area contributed by atoms with Gasteiger partial charge in [-0.15, -0.1) is 0 Å². The Bertz CT molecular complexity index is 1120. The van der Waals surface area contributed by atoms with Gasteiger partial charge in [0.25, 0.3) is 0 Å². The Labute approximate surface area is 171 Å². The zero-order chi connectivity index (χ0) is 21.0. The molecule has 1 amide bonds. The summed E-state index contributed by atoms with van der Waals surface area (Å²) in [6, 6.07) is 19.9. The van der Waals surface area contributed by atoms with Gasteiger partial charge in [0.15, 0.2) is 0 Å². The van der Waals surface area contributed by atoms with Gasteiger partial charge in [0.1, 0.15) is 12.3 Å². The van der Waals surface area contributed by atoms with Crippen LogP contribution in [0.25, 0.3) is 10.8 Å². The SMILES string of the molecule is CC(C)Oc1cccc(NC(=O)CN(c2cccc3ccccc23)S(C)(=O)=O)c1. The second-order valence-corrected chi connectivity index (χ2v) is 8.92. The number of hydrogen-bond donors (Lipinski definition) is 1. The highest BCUT2D eigenvalue weighted by molar-refractivity contribution is 7.92. The van der Waals surface area contributed by atoms with Crippen LogP contribution in [0.15, 0.2) is 66.7 Å². The van der Waals surface area contributed by atoms with Crippen LogP contribution in [-0.4, -0.2) is 33.2 Å². The summed E-state index contributed by atoms with van der Waals surface area (Å²) in [5.41, 5.74) is 1.01. The van der Waals surface area contributed by atoms with Crippen LogP contribution in [0.4, 0.5) is 11.4 Å². The highest BCUT2D eigenvalue weighted by Gasteiger charge is 2.22. The molecule has 0 aromatic heterocycles. The van der Waals surface area contributed by atoms with Gasteiger partial charge in [-0.3, -0.25) is 9.10 Å². The zero-order valence-corrected chi connectivity index (χ0v) is 17.4. The van der Waals surface area contributed by atoms with Gasteiger partial charge in [0.05, 0.1) is 18.0 Å². The zero-order valence-electron chi connectivity index (χ0n) is 16.6. The van der Waals surface area contributed by atoms with Crippen LogP contribution in [0.3, 0.4) is 0 Å². The normalized spacial score (nSPS) is 11.4.